The van der Waals surface area contributed by atoms with Gasteiger partial charge in [0.1, 0.15) is 0 Å². The van der Waals surface area contributed by atoms with Gasteiger partial charge in [-0.3, -0.25) is 4.84 Å². The van der Waals surface area contributed by atoms with E-state index in [9.17, 15) is 27.9 Å². The third kappa shape index (κ3) is 7.08. The molecule has 0 unspecified atom stereocenters. The molecule has 0 aliphatic rings. The SMILES string of the molecule is COC(=O)C(F)(F)F.CON(c1ccccc1)[C@H](C(=O)O)C(c1ccccc1)c1ccccc1. The highest BCUT2D eigenvalue weighted by atomic mass is 19.4. The topological polar surface area (TPSA) is 76.1 Å². The van der Waals surface area contributed by atoms with Gasteiger partial charge in [-0.1, -0.05) is 78.9 Å². The lowest BCUT2D eigenvalue weighted by atomic mass is 9.84. The number of benzene rings is 3. The third-order valence-electron chi connectivity index (χ3n) is 4.76. The molecule has 1 N–H and O–H groups in total. The van der Waals surface area contributed by atoms with E-state index >= 15 is 0 Å². The van der Waals surface area contributed by atoms with Crippen molar-refractivity contribution in [1.82, 2.24) is 0 Å². The number of hydrogen-bond acceptors (Lipinski definition) is 5. The quantitative estimate of drug-likeness (QED) is 0.380. The van der Waals surface area contributed by atoms with Crippen molar-refractivity contribution in [1.29, 1.82) is 0 Å². The Morgan fingerprint density at radius 2 is 1.21 bits per heavy atom. The van der Waals surface area contributed by atoms with Crippen molar-refractivity contribution in [2.45, 2.75) is 18.1 Å². The number of ether oxygens (including phenoxy) is 1. The van der Waals surface area contributed by atoms with Crippen LogP contribution in [0.15, 0.2) is 91.0 Å². The predicted octanol–water partition coefficient (Wildman–Crippen LogP) is 5.06. The third-order valence-corrected chi connectivity index (χ3v) is 4.76. The lowest BCUT2D eigenvalue weighted by Gasteiger charge is -2.34. The summed E-state index contributed by atoms with van der Waals surface area (Å²) >= 11 is 0. The Bertz CT molecular complexity index is 991. The molecule has 0 bridgehead atoms. The minimum atomic E-state index is -4.85. The first-order valence-electron chi connectivity index (χ1n) is 10.1. The van der Waals surface area contributed by atoms with Crippen LogP contribution in [0, 0.1) is 0 Å². The van der Waals surface area contributed by atoms with Crippen molar-refractivity contribution in [2.24, 2.45) is 0 Å². The van der Waals surface area contributed by atoms with Crippen molar-refractivity contribution in [3.63, 3.8) is 0 Å². The molecule has 0 aliphatic heterocycles. The number of hydrogen-bond donors (Lipinski definition) is 1. The number of nitrogens with zero attached hydrogens (tertiary/aromatic N) is 1. The van der Waals surface area contributed by atoms with E-state index in [1.165, 1.54) is 12.2 Å². The molecule has 3 aromatic rings. The number of anilines is 1. The number of alkyl halides is 3. The van der Waals surface area contributed by atoms with Gasteiger partial charge in [0.2, 0.25) is 0 Å². The van der Waals surface area contributed by atoms with Gasteiger partial charge >= 0.3 is 18.1 Å². The molecule has 0 saturated carbocycles. The molecule has 0 aromatic heterocycles. The van der Waals surface area contributed by atoms with E-state index in [0.29, 0.717) is 12.8 Å². The van der Waals surface area contributed by atoms with Crippen LogP contribution in [0.25, 0.3) is 0 Å². The van der Waals surface area contributed by atoms with Gasteiger partial charge < -0.3 is 9.84 Å². The molecular weight excluding hydrogens is 451 g/mol. The van der Waals surface area contributed by atoms with Gasteiger partial charge in [0.05, 0.1) is 19.9 Å². The van der Waals surface area contributed by atoms with Gasteiger partial charge in [0.15, 0.2) is 6.04 Å². The molecule has 0 aliphatic carbocycles. The van der Waals surface area contributed by atoms with Gasteiger partial charge in [-0.25, -0.2) is 14.7 Å². The van der Waals surface area contributed by atoms with E-state index in [0.717, 1.165) is 11.1 Å². The monoisotopic (exact) mass is 475 g/mol. The fourth-order valence-electron chi connectivity index (χ4n) is 3.33. The molecule has 34 heavy (non-hydrogen) atoms. The maximum atomic E-state index is 12.3. The van der Waals surface area contributed by atoms with Crippen LogP contribution in [-0.4, -0.2) is 43.5 Å². The molecule has 0 saturated heterocycles. The summed E-state index contributed by atoms with van der Waals surface area (Å²) in [6, 6.07) is 27.7. The lowest BCUT2D eigenvalue weighted by Crippen LogP contribution is -2.45. The fraction of sp³-hybridized carbons (Fsp3) is 0.200. The number of esters is 1. The summed E-state index contributed by atoms with van der Waals surface area (Å²) < 4.78 is 36.3. The van der Waals surface area contributed by atoms with Gasteiger partial charge in [-0.2, -0.15) is 13.2 Å². The maximum absolute atomic E-state index is 12.3. The zero-order chi connectivity index (χ0) is 25.1. The summed E-state index contributed by atoms with van der Waals surface area (Å²) in [5, 5.41) is 11.6. The second-order valence-electron chi connectivity index (χ2n) is 6.92. The minimum absolute atomic E-state index is 0.393. The Hall–Kier alpha value is -3.85. The Labute approximate surface area is 195 Å². The number of aliphatic carboxylic acids is 1. The summed E-state index contributed by atoms with van der Waals surface area (Å²) in [7, 11) is 2.17. The molecule has 9 heteroatoms. The number of rotatable bonds is 7. The average Bonchev–Trinajstić information content (AvgIpc) is 2.85. The van der Waals surface area contributed by atoms with Gasteiger partial charge in [-0.15, -0.1) is 0 Å². The second kappa shape index (κ2) is 12.4. The fourth-order valence-corrected chi connectivity index (χ4v) is 3.33. The number of carboxylic acid groups (broad SMARTS) is 1. The van der Waals surface area contributed by atoms with Crippen molar-refractivity contribution in [2.75, 3.05) is 19.3 Å². The summed E-state index contributed by atoms with van der Waals surface area (Å²) in [6.45, 7) is 0. The molecule has 3 rings (SSSR count). The molecule has 1 atom stereocenters. The van der Waals surface area contributed by atoms with Gasteiger partial charge in [-0.05, 0) is 23.3 Å². The smallest absolute Gasteiger partial charge is 0.480 e. The number of carbonyl (C=O) groups excluding carboxylic acids is 1. The molecule has 0 spiro atoms. The number of para-hydroxylation sites is 1. The highest BCUT2D eigenvalue weighted by Gasteiger charge is 2.40. The van der Waals surface area contributed by atoms with E-state index in [1.54, 1.807) is 0 Å². The van der Waals surface area contributed by atoms with Crippen molar-refractivity contribution in [3.05, 3.63) is 102 Å². The molecule has 180 valence electrons. The summed E-state index contributed by atoms with van der Waals surface area (Å²) in [4.78, 5) is 27.4. The molecular formula is C25H24F3NO5. The minimum Gasteiger partial charge on any atom is -0.480 e. The number of hydroxylamine groups is 1. The highest BCUT2D eigenvalue weighted by Crippen LogP contribution is 2.33. The average molecular weight is 475 g/mol. The molecule has 0 amide bonds. The second-order valence-corrected chi connectivity index (χ2v) is 6.92. The van der Waals surface area contributed by atoms with Crippen molar-refractivity contribution < 1.29 is 37.4 Å². The lowest BCUT2D eigenvalue weighted by molar-refractivity contribution is -0.196. The van der Waals surface area contributed by atoms with Crippen LogP contribution >= 0.6 is 0 Å². The summed E-state index contributed by atoms with van der Waals surface area (Å²) in [5.41, 5.74) is 2.53. The molecule has 0 fully saturated rings. The standard InChI is InChI=1S/C22H21NO3.C3H3F3O2/c1-26-23(19-15-9-4-10-16-19)21(22(24)25)20(17-11-5-2-6-12-17)18-13-7-3-8-14-18;1-8-2(7)3(4,5)6/h2-16,20-21H,1H3,(H,24,25);1H3/t21-;/m0./s1. The Morgan fingerprint density at radius 1 is 0.794 bits per heavy atom. The van der Waals surface area contributed by atoms with Crippen LogP contribution in [0.1, 0.15) is 17.0 Å². The first kappa shape index (κ1) is 26.4. The maximum Gasteiger partial charge on any atom is 0.490 e. The Morgan fingerprint density at radius 3 is 1.50 bits per heavy atom. The Balaban J connectivity index is 0.000000440. The zero-order valence-electron chi connectivity index (χ0n) is 18.5. The Kier molecular flexibility index (Phi) is 9.63. The predicted molar refractivity (Wildman–Crippen MR) is 120 cm³/mol. The van der Waals surface area contributed by atoms with E-state index in [1.807, 2.05) is 91.0 Å². The van der Waals surface area contributed by atoms with Gasteiger partial charge in [0, 0.05) is 5.92 Å². The number of carboxylic acids is 1. The number of carbonyl (C=O) groups is 2. The first-order chi connectivity index (χ1) is 16.2. The van der Waals surface area contributed by atoms with E-state index in [-0.39, 0.29) is 0 Å². The van der Waals surface area contributed by atoms with Crippen LogP contribution in [0.2, 0.25) is 0 Å². The van der Waals surface area contributed by atoms with Crippen molar-refractivity contribution in [3.8, 4) is 0 Å². The molecule has 0 heterocycles. The van der Waals surface area contributed by atoms with Crippen LogP contribution < -0.4 is 5.06 Å². The van der Waals surface area contributed by atoms with E-state index in [4.69, 9.17) is 4.84 Å². The molecule has 3 aromatic carbocycles. The van der Waals surface area contributed by atoms with Crippen LogP contribution in [-0.2, 0) is 19.2 Å². The van der Waals surface area contributed by atoms with Crippen LogP contribution in [0.4, 0.5) is 18.9 Å². The van der Waals surface area contributed by atoms with E-state index in [2.05, 4.69) is 4.74 Å². The van der Waals surface area contributed by atoms with Gasteiger partial charge in [0.25, 0.3) is 0 Å². The highest BCUT2D eigenvalue weighted by molar-refractivity contribution is 5.80. The molecule has 6 nitrogen and oxygen atoms in total. The molecule has 0 radical (unpaired) electrons. The van der Waals surface area contributed by atoms with Crippen molar-refractivity contribution >= 4 is 17.6 Å². The summed E-state index contributed by atoms with van der Waals surface area (Å²) in [5.74, 6) is -3.51. The van der Waals surface area contributed by atoms with E-state index < -0.39 is 30.1 Å². The number of methoxy groups -OCH3 is 1. The number of halogens is 3. The largest absolute Gasteiger partial charge is 0.490 e. The normalized spacial score (nSPS) is 11.7. The zero-order valence-corrected chi connectivity index (χ0v) is 18.5. The van der Waals surface area contributed by atoms with Crippen LogP contribution in [0.5, 0.6) is 0 Å². The summed E-state index contributed by atoms with van der Waals surface area (Å²) in [6.07, 6.45) is -4.85. The first-order valence-corrected chi connectivity index (χ1v) is 10.1. The van der Waals surface area contributed by atoms with Crippen LogP contribution in [0.3, 0.4) is 0 Å².